The number of amides is 2. The summed E-state index contributed by atoms with van der Waals surface area (Å²) < 4.78 is 0. The lowest BCUT2D eigenvalue weighted by Crippen LogP contribution is -2.55. The van der Waals surface area contributed by atoms with Crippen LogP contribution in [0.15, 0.2) is 0 Å². The van der Waals surface area contributed by atoms with E-state index >= 15 is 0 Å². The predicted octanol–water partition coefficient (Wildman–Crippen LogP) is 2.48. The highest BCUT2D eigenvalue weighted by molar-refractivity contribution is 6.81. The molecule has 0 aliphatic heterocycles. The Bertz CT molecular complexity index is 181. The number of nitrogens with two attached hydrogens (primary N) is 1. The second-order valence-corrected chi connectivity index (χ2v) is 9.55. The van der Waals surface area contributed by atoms with Gasteiger partial charge in [0.25, 0.3) is 0 Å². The van der Waals surface area contributed by atoms with Gasteiger partial charge >= 0.3 is 6.03 Å². The molecule has 3 N–H and O–H groups in total. The summed E-state index contributed by atoms with van der Waals surface area (Å²) in [4.78, 5) is 10.8. The number of urea groups is 1. The number of hydrogen-bond acceptors (Lipinski definition) is 1. The van der Waals surface area contributed by atoms with Gasteiger partial charge in [0, 0.05) is 5.67 Å². The van der Waals surface area contributed by atoms with Gasteiger partial charge in [0.1, 0.15) is 0 Å². The van der Waals surface area contributed by atoms with Crippen LogP contribution in [0.3, 0.4) is 0 Å². The van der Waals surface area contributed by atoms with Crippen LogP contribution in [0.1, 0.15) is 34.1 Å². The van der Waals surface area contributed by atoms with Gasteiger partial charge in [-0.2, -0.15) is 0 Å². The van der Waals surface area contributed by atoms with Gasteiger partial charge in [0.05, 0.1) is 8.07 Å². The fourth-order valence-corrected chi connectivity index (χ4v) is 6.61. The summed E-state index contributed by atoms with van der Waals surface area (Å²) in [5, 5.41) is 2.87. The largest absolute Gasteiger partial charge is 0.352 e. The normalized spacial score (nSPS) is 13.7. The predicted molar refractivity (Wildman–Crippen MR) is 64.0 cm³/mol. The summed E-state index contributed by atoms with van der Waals surface area (Å²) in [5.41, 5.74) is 5.47. The highest BCUT2D eigenvalue weighted by atomic mass is 28.3. The zero-order chi connectivity index (χ0) is 11.2. The molecule has 0 aromatic heterocycles. The average molecular weight is 216 g/mol. The van der Waals surface area contributed by atoms with Crippen molar-refractivity contribution in [1.82, 2.24) is 5.32 Å². The molecule has 1 atom stereocenters. The van der Waals surface area contributed by atoms with Crippen molar-refractivity contribution in [3.8, 4) is 0 Å². The Labute approximate surface area is 88.5 Å². The third kappa shape index (κ3) is 3.33. The van der Waals surface area contributed by atoms with Crippen LogP contribution in [-0.2, 0) is 0 Å². The quantitative estimate of drug-likeness (QED) is 0.658. The van der Waals surface area contributed by atoms with Crippen molar-refractivity contribution >= 4 is 14.1 Å². The van der Waals surface area contributed by atoms with Crippen molar-refractivity contribution in [3.63, 3.8) is 0 Å². The maximum absolute atomic E-state index is 10.8. The minimum Gasteiger partial charge on any atom is -0.352 e. The highest BCUT2D eigenvalue weighted by Gasteiger charge is 2.34. The molecule has 0 radical (unpaired) electrons. The van der Waals surface area contributed by atoms with Crippen molar-refractivity contribution in [1.29, 1.82) is 0 Å². The van der Waals surface area contributed by atoms with Crippen LogP contribution >= 0.6 is 0 Å². The molecule has 84 valence electrons. The summed E-state index contributed by atoms with van der Waals surface area (Å²) in [6.45, 7) is 8.80. The number of carbonyl (C=O) groups is 1. The van der Waals surface area contributed by atoms with E-state index in [4.69, 9.17) is 5.73 Å². The van der Waals surface area contributed by atoms with Crippen molar-refractivity contribution in [2.24, 2.45) is 5.73 Å². The molecule has 0 saturated heterocycles. The van der Waals surface area contributed by atoms with Gasteiger partial charge in [-0.15, -0.1) is 0 Å². The minimum atomic E-state index is -1.32. The number of carbonyl (C=O) groups excluding carboxylic acids is 1. The molecule has 0 aromatic rings. The second kappa shape index (κ2) is 6.06. The first kappa shape index (κ1) is 13.5. The van der Waals surface area contributed by atoms with E-state index in [9.17, 15) is 4.79 Å². The molecular formula is C10H24N2OSi. The molecule has 0 aliphatic carbocycles. The average Bonchev–Trinajstić information content (AvgIpc) is 2.13. The van der Waals surface area contributed by atoms with Crippen molar-refractivity contribution < 1.29 is 4.79 Å². The molecule has 0 heterocycles. The summed E-state index contributed by atoms with van der Waals surface area (Å²) in [7, 11) is -1.32. The standard InChI is InChI=1S/C10H24N2OSi/c1-5-8-14(6-2,7-3)9(4)12-10(11)13/h9H,5-8H2,1-4H3,(H3,11,12,13). The SMILES string of the molecule is CCC[Si](CC)(CC)C(C)NC(N)=O. The molecule has 0 spiro atoms. The highest BCUT2D eigenvalue weighted by Crippen LogP contribution is 2.25. The van der Waals surface area contributed by atoms with Gasteiger partial charge in [0.15, 0.2) is 0 Å². The van der Waals surface area contributed by atoms with E-state index in [1.807, 2.05) is 0 Å². The van der Waals surface area contributed by atoms with Crippen molar-refractivity contribution in [2.45, 2.75) is 57.9 Å². The van der Waals surface area contributed by atoms with Gasteiger partial charge in [-0.25, -0.2) is 4.79 Å². The second-order valence-electron chi connectivity index (χ2n) is 4.05. The van der Waals surface area contributed by atoms with Crippen LogP contribution in [-0.4, -0.2) is 19.8 Å². The fourth-order valence-electron chi connectivity index (χ4n) is 2.30. The number of primary amides is 1. The molecule has 14 heavy (non-hydrogen) atoms. The van der Waals surface area contributed by atoms with E-state index in [1.54, 1.807) is 0 Å². The molecule has 0 rings (SSSR count). The van der Waals surface area contributed by atoms with Gasteiger partial charge in [0.2, 0.25) is 0 Å². The molecule has 3 nitrogen and oxygen atoms in total. The van der Waals surface area contributed by atoms with Gasteiger partial charge in [-0.3, -0.25) is 0 Å². The molecular weight excluding hydrogens is 192 g/mol. The molecule has 0 aromatic carbocycles. The lowest BCUT2D eigenvalue weighted by atomic mass is 10.6. The van der Waals surface area contributed by atoms with Crippen LogP contribution in [0, 0.1) is 0 Å². The third-order valence-corrected chi connectivity index (χ3v) is 9.73. The molecule has 0 fully saturated rings. The lowest BCUT2D eigenvalue weighted by molar-refractivity contribution is 0.248. The molecule has 4 heteroatoms. The Morgan fingerprint density at radius 3 is 2.14 bits per heavy atom. The number of nitrogens with one attached hydrogen (secondary N) is 1. The topological polar surface area (TPSA) is 55.1 Å². The summed E-state index contributed by atoms with van der Waals surface area (Å²) in [6, 6.07) is 3.34. The van der Waals surface area contributed by atoms with Gasteiger partial charge in [-0.1, -0.05) is 45.3 Å². The van der Waals surface area contributed by atoms with Crippen LogP contribution in [0.2, 0.25) is 18.1 Å². The van der Waals surface area contributed by atoms with E-state index in [-0.39, 0.29) is 6.03 Å². The first-order valence-corrected chi connectivity index (χ1v) is 8.28. The Morgan fingerprint density at radius 1 is 1.36 bits per heavy atom. The maximum atomic E-state index is 10.8. The molecule has 2 amide bonds. The van der Waals surface area contributed by atoms with Crippen LogP contribution in [0.4, 0.5) is 4.79 Å². The Balaban J connectivity index is 4.51. The zero-order valence-electron chi connectivity index (χ0n) is 9.89. The van der Waals surface area contributed by atoms with E-state index in [0.717, 1.165) is 0 Å². The van der Waals surface area contributed by atoms with E-state index in [0.29, 0.717) is 5.67 Å². The van der Waals surface area contributed by atoms with Crippen LogP contribution < -0.4 is 11.1 Å². The van der Waals surface area contributed by atoms with Crippen molar-refractivity contribution in [3.05, 3.63) is 0 Å². The summed E-state index contributed by atoms with van der Waals surface area (Å²) in [5.74, 6) is 0. The molecule has 0 aliphatic rings. The monoisotopic (exact) mass is 216 g/mol. The van der Waals surface area contributed by atoms with Gasteiger partial charge < -0.3 is 11.1 Å². The third-order valence-electron chi connectivity index (χ3n) is 3.43. The lowest BCUT2D eigenvalue weighted by Gasteiger charge is -2.35. The minimum absolute atomic E-state index is 0.301. The van der Waals surface area contributed by atoms with E-state index < -0.39 is 8.07 Å². The maximum Gasteiger partial charge on any atom is 0.312 e. The number of hydrogen-bond donors (Lipinski definition) is 2. The van der Waals surface area contributed by atoms with Gasteiger partial charge in [-0.05, 0) is 6.92 Å². The zero-order valence-corrected chi connectivity index (χ0v) is 10.9. The Hall–Kier alpha value is -0.513. The Kier molecular flexibility index (Phi) is 5.84. The first-order chi connectivity index (χ1) is 6.52. The van der Waals surface area contributed by atoms with Crippen molar-refractivity contribution in [2.75, 3.05) is 0 Å². The fraction of sp³-hybridized carbons (Fsp3) is 0.900. The smallest absolute Gasteiger partial charge is 0.312 e. The number of rotatable bonds is 6. The Morgan fingerprint density at radius 2 is 1.86 bits per heavy atom. The molecule has 0 saturated carbocycles. The summed E-state index contributed by atoms with van der Waals surface area (Å²) in [6.07, 6.45) is 1.21. The molecule has 1 unspecified atom stereocenters. The summed E-state index contributed by atoms with van der Waals surface area (Å²) >= 11 is 0. The van der Waals surface area contributed by atoms with E-state index in [2.05, 4.69) is 33.0 Å². The van der Waals surface area contributed by atoms with E-state index in [1.165, 1.54) is 24.6 Å². The van der Waals surface area contributed by atoms with Crippen LogP contribution in [0.5, 0.6) is 0 Å². The first-order valence-electron chi connectivity index (χ1n) is 5.58. The molecule has 0 bridgehead atoms. The van der Waals surface area contributed by atoms with Crippen LogP contribution in [0.25, 0.3) is 0 Å².